The van der Waals surface area contributed by atoms with Gasteiger partial charge >= 0.3 is 0 Å². The molecule has 2 aliphatic heterocycles. The molecule has 2 N–H and O–H groups in total. The Morgan fingerprint density at radius 2 is 2.10 bits per heavy atom. The van der Waals surface area contributed by atoms with Crippen LogP contribution < -0.4 is 5.32 Å². The molecule has 0 unspecified atom stereocenters. The van der Waals surface area contributed by atoms with Crippen LogP contribution in [-0.2, 0) is 0 Å². The van der Waals surface area contributed by atoms with Crippen LogP contribution in [0.5, 0.6) is 5.75 Å². The molecule has 0 radical (unpaired) electrons. The first kappa shape index (κ1) is 18.6. The summed E-state index contributed by atoms with van der Waals surface area (Å²) in [6.45, 7) is 4.04. The Hall–Kier alpha value is -3.46. The average molecular weight is 408 g/mol. The van der Waals surface area contributed by atoms with Gasteiger partial charge in [0.2, 0.25) is 0 Å². The highest BCUT2D eigenvalue weighted by Crippen LogP contribution is 2.37. The van der Waals surface area contributed by atoms with Crippen molar-refractivity contribution in [3.8, 4) is 22.8 Å². The second-order valence-electron chi connectivity index (χ2n) is 7.47. The maximum atomic E-state index is 14.7. The number of aromatic nitrogens is 5. The molecule has 0 saturated carbocycles. The summed E-state index contributed by atoms with van der Waals surface area (Å²) in [6.07, 6.45) is 7.14. The van der Waals surface area contributed by atoms with E-state index in [4.69, 9.17) is 0 Å². The van der Waals surface area contributed by atoms with Crippen molar-refractivity contribution >= 4 is 5.57 Å². The molecule has 7 nitrogen and oxygen atoms in total. The lowest BCUT2D eigenvalue weighted by Gasteiger charge is -2.33. The van der Waals surface area contributed by atoms with Crippen LogP contribution in [0.25, 0.3) is 22.6 Å². The van der Waals surface area contributed by atoms with Gasteiger partial charge < -0.3 is 10.4 Å². The fourth-order valence-corrected chi connectivity index (χ4v) is 3.97. The van der Waals surface area contributed by atoms with E-state index in [1.54, 1.807) is 12.1 Å². The second-order valence-corrected chi connectivity index (χ2v) is 7.47. The maximum absolute atomic E-state index is 14.7. The lowest BCUT2D eigenvalue weighted by molar-refractivity contribution is 0.179. The SMILES string of the molecule is C=C(c1cnc(-c2ccc(-n3cc(F)cn3)cc2O)nn1)[C@H]1C[C@@H]2C=C[C@@H](N2)[C@H]1F. The molecule has 152 valence electrons. The van der Waals surface area contributed by atoms with Gasteiger partial charge in [0.15, 0.2) is 11.6 Å². The van der Waals surface area contributed by atoms with E-state index < -0.39 is 12.0 Å². The van der Waals surface area contributed by atoms with E-state index in [-0.39, 0.29) is 29.6 Å². The number of benzene rings is 1. The first-order valence-electron chi connectivity index (χ1n) is 9.51. The van der Waals surface area contributed by atoms with Gasteiger partial charge in [0.25, 0.3) is 0 Å². The first-order valence-corrected chi connectivity index (χ1v) is 9.51. The Labute approximate surface area is 170 Å². The lowest BCUT2D eigenvalue weighted by atomic mass is 9.83. The number of halogens is 2. The van der Waals surface area contributed by atoms with Crippen molar-refractivity contribution in [2.75, 3.05) is 0 Å². The van der Waals surface area contributed by atoms with E-state index in [9.17, 15) is 13.9 Å². The van der Waals surface area contributed by atoms with Crippen LogP contribution in [0.15, 0.2) is 55.5 Å². The number of phenols is 1. The zero-order valence-corrected chi connectivity index (χ0v) is 15.8. The average Bonchev–Trinajstić information content (AvgIpc) is 3.37. The van der Waals surface area contributed by atoms with Gasteiger partial charge in [-0.25, -0.2) is 18.4 Å². The molecule has 2 aliphatic rings. The molecule has 0 aliphatic carbocycles. The van der Waals surface area contributed by atoms with E-state index in [0.717, 1.165) is 6.20 Å². The van der Waals surface area contributed by atoms with Crippen molar-refractivity contribution < 1.29 is 13.9 Å². The Morgan fingerprint density at radius 3 is 2.80 bits per heavy atom. The number of fused-ring (bicyclic) bond motifs is 2. The van der Waals surface area contributed by atoms with Gasteiger partial charge in [-0.15, -0.1) is 10.2 Å². The largest absolute Gasteiger partial charge is 0.507 e. The third-order valence-corrected chi connectivity index (χ3v) is 5.57. The minimum Gasteiger partial charge on any atom is -0.507 e. The Morgan fingerprint density at radius 1 is 1.23 bits per heavy atom. The van der Waals surface area contributed by atoms with Gasteiger partial charge in [0.05, 0.1) is 35.9 Å². The summed E-state index contributed by atoms with van der Waals surface area (Å²) >= 11 is 0. The number of nitrogens with zero attached hydrogens (tertiary/aromatic N) is 5. The molecular weight excluding hydrogens is 390 g/mol. The van der Waals surface area contributed by atoms with Gasteiger partial charge in [0.1, 0.15) is 17.6 Å². The summed E-state index contributed by atoms with van der Waals surface area (Å²) in [5.74, 6) is -0.719. The third-order valence-electron chi connectivity index (χ3n) is 5.57. The van der Waals surface area contributed by atoms with Crippen LogP contribution in [0.4, 0.5) is 8.78 Å². The summed E-state index contributed by atoms with van der Waals surface area (Å²) in [6, 6.07) is 4.53. The van der Waals surface area contributed by atoms with Crippen molar-refractivity contribution in [3.63, 3.8) is 0 Å². The normalized spacial score (nSPS) is 24.9. The fourth-order valence-electron chi connectivity index (χ4n) is 3.97. The molecule has 2 bridgehead atoms. The fraction of sp³-hybridized carbons (Fsp3) is 0.238. The van der Waals surface area contributed by atoms with Gasteiger partial charge in [0, 0.05) is 18.0 Å². The van der Waals surface area contributed by atoms with Crippen molar-refractivity contribution in [2.24, 2.45) is 5.92 Å². The second kappa shape index (κ2) is 7.10. The molecule has 1 saturated heterocycles. The summed E-state index contributed by atoms with van der Waals surface area (Å²) in [4.78, 5) is 4.28. The zero-order valence-electron chi connectivity index (χ0n) is 15.8. The minimum atomic E-state index is -1.09. The summed E-state index contributed by atoms with van der Waals surface area (Å²) in [5, 5.41) is 25.7. The number of hydrogen-bond acceptors (Lipinski definition) is 6. The number of alkyl halides is 1. The van der Waals surface area contributed by atoms with Crippen molar-refractivity contribution in [3.05, 3.63) is 67.0 Å². The Bertz CT molecular complexity index is 1140. The predicted molar refractivity (Wildman–Crippen MR) is 106 cm³/mol. The van der Waals surface area contributed by atoms with Crippen LogP contribution >= 0.6 is 0 Å². The number of aromatic hydroxyl groups is 1. The van der Waals surface area contributed by atoms with Crippen LogP contribution in [-0.4, -0.2) is 48.3 Å². The van der Waals surface area contributed by atoms with Crippen molar-refractivity contribution in [1.29, 1.82) is 0 Å². The number of piperidine rings is 1. The summed E-state index contributed by atoms with van der Waals surface area (Å²) < 4.78 is 29.2. The van der Waals surface area contributed by atoms with E-state index >= 15 is 0 Å². The van der Waals surface area contributed by atoms with Gasteiger partial charge in [-0.3, -0.25) is 0 Å². The molecule has 30 heavy (non-hydrogen) atoms. The van der Waals surface area contributed by atoms with E-state index in [0.29, 0.717) is 28.9 Å². The van der Waals surface area contributed by atoms with Gasteiger partial charge in [-0.05, 0) is 24.1 Å². The van der Waals surface area contributed by atoms with Crippen LogP contribution in [0.2, 0.25) is 0 Å². The van der Waals surface area contributed by atoms with E-state index in [1.807, 2.05) is 12.2 Å². The molecule has 4 atom stereocenters. The molecule has 1 aromatic carbocycles. The molecule has 0 amide bonds. The number of phenolic OH excluding ortho intramolecular Hbond substituents is 1. The molecule has 0 spiro atoms. The first-order chi connectivity index (χ1) is 14.5. The minimum absolute atomic E-state index is 0.0957. The highest BCUT2D eigenvalue weighted by Gasteiger charge is 2.40. The zero-order chi connectivity index (χ0) is 20.8. The molecule has 9 heteroatoms. The van der Waals surface area contributed by atoms with Crippen LogP contribution in [0, 0.1) is 11.7 Å². The maximum Gasteiger partial charge on any atom is 0.185 e. The molecule has 4 heterocycles. The van der Waals surface area contributed by atoms with E-state index in [2.05, 4.69) is 32.2 Å². The number of rotatable bonds is 4. The highest BCUT2D eigenvalue weighted by atomic mass is 19.1. The van der Waals surface area contributed by atoms with Gasteiger partial charge in [-0.1, -0.05) is 18.7 Å². The molecule has 3 aromatic rings. The topological polar surface area (TPSA) is 88.8 Å². The summed E-state index contributed by atoms with van der Waals surface area (Å²) in [7, 11) is 0. The van der Waals surface area contributed by atoms with Crippen molar-refractivity contribution in [1.82, 2.24) is 30.3 Å². The highest BCUT2D eigenvalue weighted by molar-refractivity contribution is 5.67. The number of hydrogen-bond donors (Lipinski definition) is 2. The summed E-state index contributed by atoms with van der Waals surface area (Å²) in [5.41, 5.74) is 1.84. The Kier molecular flexibility index (Phi) is 4.39. The Balaban J connectivity index is 1.37. The molecule has 1 fully saturated rings. The number of nitrogens with one attached hydrogen (secondary N) is 1. The molecule has 2 aromatic heterocycles. The third kappa shape index (κ3) is 3.17. The quantitative estimate of drug-likeness (QED) is 0.646. The smallest absolute Gasteiger partial charge is 0.185 e. The van der Waals surface area contributed by atoms with Crippen LogP contribution in [0.1, 0.15) is 12.1 Å². The van der Waals surface area contributed by atoms with Crippen molar-refractivity contribution in [2.45, 2.75) is 24.7 Å². The molecular formula is C21H18F2N6O. The molecule has 5 rings (SSSR count). The standard InChI is InChI=1S/C21H18F2N6O/c1-11(16-6-13-2-5-17(26-13)20(16)23)18-9-24-21(28-27-18)15-4-3-14(7-19(15)30)29-10-12(22)8-25-29/h2-5,7-10,13,16-17,20,26,30H,1,6H2/t13-,16+,17+,20-/m0/s1. The monoisotopic (exact) mass is 408 g/mol. The lowest BCUT2D eigenvalue weighted by Crippen LogP contribution is -2.47. The van der Waals surface area contributed by atoms with E-state index in [1.165, 1.54) is 23.1 Å². The van der Waals surface area contributed by atoms with Crippen LogP contribution in [0.3, 0.4) is 0 Å². The number of allylic oxidation sites excluding steroid dienone is 1. The predicted octanol–water partition coefficient (Wildman–Crippen LogP) is 2.84. The van der Waals surface area contributed by atoms with Gasteiger partial charge in [-0.2, -0.15) is 5.10 Å².